The molecule has 0 bridgehead atoms. The number of aryl methyl sites for hydroxylation is 2. The van der Waals surface area contributed by atoms with Gasteiger partial charge in [-0.25, -0.2) is 4.98 Å². The first kappa shape index (κ1) is 30.8. The molecule has 0 radical (unpaired) electrons. The number of rotatable bonds is 11. The minimum atomic E-state index is -0.636. The van der Waals surface area contributed by atoms with Gasteiger partial charge in [-0.15, -0.1) is 11.3 Å². The van der Waals surface area contributed by atoms with E-state index in [0.29, 0.717) is 23.7 Å². The molecule has 0 spiro atoms. The summed E-state index contributed by atoms with van der Waals surface area (Å²) in [5.41, 5.74) is 5.20. The normalized spacial score (nSPS) is 23.0. The first-order chi connectivity index (χ1) is 20.9. The number of aromatic nitrogens is 1. The van der Waals surface area contributed by atoms with Crippen molar-refractivity contribution in [3.05, 3.63) is 85.8 Å². The lowest BCUT2D eigenvalue weighted by atomic mass is 9.80. The number of halogens is 1. The topological polar surface area (TPSA) is 56.7 Å². The van der Waals surface area contributed by atoms with E-state index >= 15 is 0 Å². The maximum Gasteiger partial charge on any atom is 0.320 e. The number of thiazole rings is 1. The molecule has 43 heavy (non-hydrogen) atoms. The summed E-state index contributed by atoms with van der Waals surface area (Å²) < 4.78 is 0. The number of likely N-dealkylation sites (tertiary alicyclic amines) is 2. The van der Waals surface area contributed by atoms with Crippen molar-refractivity contribution in [2.45, 2.75) is 83.1 Å². The van der Waals surface area contributed by atoms with Gasteiger partial charge in [-0.2, -0.15) is 0 Å². The quantitative estimate of drug-likeness (QED) is 0.237. The predicted molar refractivity (Wildman–Crippen MR) is 177 cm³/mol. The minimum absolute atomic E-state index is 0.353. The number of aliphatic carboxylic acids is 1. The third-order valence-corrected chi connectivity index (χ3v) is 11.8. The van der Waals surface area contributed by atoms with Gasteiger partial charge in [0.2, 0.25) is 0 Å². The number of hydrogen-bond acceptors (Lipinski definition) is 5. The Morgan fingerprint density at radius 1 is 1.09 bits per heavy atom. The van der Waals surface area contributed by atoms with Gasteiger partial charge in [0.25, 0.3) is 0 Å². The Balaban J connectivity index is 1.11. The lowest BCUT2D eigenvalue weighted by Crippen LogP contribution is -2.43. The molecule has 1 N–H and O–H groups in total. The van der Waals surface area contributed by atoms with E-state index in [-0.39, 0.29) is 6.04 Å². The van der Waals surface area contributed by atoms with Gasteiger partial charge in [0.1, 0.15) is 6.04 Å². The molecular formula is C36H46ClN3O2S. The predicted octanol–water partition coefficient (Wildman–Crippen LogP) is 7.80. The van der Waals surface area contributed by atoms with Gasteiger partial charge in [0, 0.05) is 41.9 Å². The van der Waals surface area contributed by atoms with Crippen LogP contribution in [0.25, 0.3) is 0 Å². The lowest BCUT2D eigenvalue weighted by Gasteiger charge is -2.35. The Labute approximate surface area is 266 Å². The van der Waals surface area contributed by atoms with Gasteiger partial charge in [-0.1, -0.05) is 79.7 Å². The summed E-state index contributed by atoms with van der Waals surface area (Å²) in [6.45, 7) is 9.36. The number of carbonyl (C=O) groups is 1. The highest BCUT2D eigenvalue weighted by Gasteiger charge is 2.41. The van der Waals surface area contributed by atoms with E-state index in [0.717, 1.165) is 57.0 Å². The molecule has 5 nitrogen and oxygen atoms in total. The summed E-state index contributed by atoms with van der Waals surface area (Å²) in [5, 5.41) is 12.2. The zero-order chi connectivity index (χ0) is 29.9. The second-order valence-electron chi connectivity index (χ2n) is 13.3. The van der Waals surface area contributed by atoms with E-state index in [1.165, 1.54) is 64.4 Å². The molecule has 3 atom stereocenters. The maximum atomic E-state index is 12.4. The van der Waals surface area contributed by atoms with Gasteiger partial charge in [-0.05, 0) is 86.7 Å². The number of nitrogens with zero attached hydrogens (tertiary/aromatic N) is 3. The third-order valence-electron chi connectivity index (χ3n) is 10.3. The maximum absolute atomic E-state index is 12.4. The van der Waals surface area contributed by atoms with Gasteiger partial charge < -0.3 is 10.0 Å². The van der Waals surface area contributed by atoms with Crippen molar-refractivity contribution in [3.8, 4) is 0 Å². The number of carboxylic acids is 1. The van der Waals surface area contributed by atoms with E-state index in [9.17, 15) is 9.90 Å². The summed E-state index contributed by atoms with van der Waals surface area (Å²) >= 11 is 8.01. The molecule has 1 aliphatic carbocycles. The molecule has 230 valence electrons. The van der Waals surface area contributed by atoms with Crippen LogP contribution in [0.15, 0.2) is 48.5 Å². The molecule has 3 unspecified atom stereocenters. The highest BCUT2D eigenvalue weighted by molar-refractivity contribution is 7.11. The monoisotopic (exact) mass is 619 g/mol. The van der Waals surface area contributed by atoms with Crippen LogP contribution in [0.1, 0.15) is 89.6 Å². The minimum Gasteiger partial charge on any atom is -0.480 e. The van der Waals surface area contributed by atoms with Crippen LogP contribution in [0, 0.1) is 18.8 Å². The van der Waals surface area contributed by atoms with Crippen LogP contribution < -0.4 is 0 Å². The van der Waals surface area contributed by atoms with Crippen molar-refractivity contribution in [1.29, 1.82) is 0 Å². The molecule has 3 heterocycles. The van der Waals surface area contributed by atoms with E-state index < -0.39 is 5.97 Å². The molecule has 2 aromatic carbocycles. The average Bonchev–Trinajstić information content (AvgIpc) is 3.58. The van der Waals surface area contributed by atoms with Crippen LogP contribution in [-0.4, -0.2) is 64.6 Å². The standard InChI is InChI=1S/C36H46ClN3O2S/c1-3-32-35(43-34(38-32)20-26-10-12-30(37)13-11-26)27-14-16-39(17-15-27)21-29-22-40(33(36(41)42)19-25-7-5-8-25)23-31(29)28-9-4-6-24(2)18-28/h4,6,9-13,18,25,27,29,31,33H,3,5,7-8,14-17,19-23H2,1-2H3,(H,41,42). The van der Waals surface area contributed by atoms with Crippen LogP contribution in [0.2, 0.25) is 5.02 Å². The zero-order valence-electron chi connectivity index (χ0n) is 25.7. The van der Waals surface area contributed by atoms with Crippen molar-refractivity contribution in [2.24, 2.45) is 11.8 Å². The average molecular weight is 620 g/mol. The van der Waals surface area contributed by atoms with E-state index in [1.807, 2.05) is 23.5 Å². The molecule has 2 saturated heterocycles. The van der Waals surface area contributed by atoms with Crippen molar-refractivity contribution in [2.75, 3.05) is 32.7 Å². The second-order valence-corrected chi connectivity index (χ2v) is 14.8. The third kappa shape index (κ3) is 7.36. The van der Waals surface area contributed by atoms with Crippen LogP contribution in [0.3, 0.4) is 0 Å². The SMILES string of the molecule is CCc1nc(Cc2ccc(Cl)cc2)sc1C1CCN(CC2CN(C(CC3CCC3)C(=O)O)CC2c2cccc(C)c2)CC1. The number of benzene rings is 2. The van der Waals surface area contributed by atoms with E-state index in [2.05, 4.69) is 60.0 Å². The largest absolute Gasteiger partial charge is 0.480 e. The van der Waals surface area contributed by atoms with E-state index in [4.69, 9.17) is 16.6 Å². The van der Waals surface area contributed by atoms with Gasteiger partial charge in [0.15, 0.2) is 0 Å². The van der Waals surface area contributed by atoms with Crippen molar-refractivity contribution < 1.29 is 9.90 Å². The van der Waals surface area contributed by atoms with Gasteiger partial charge in [-0.3, -0.25) is 9.69 Å². The fraction of sp³-hybridized carbons (Fsp3) is 0.556. The molecule has 3 fully saturated rings. The summed E-state index contributed by atoms with van der Waals surface area (Å²) in [6, 6.07) is 16.7. The summed E-state index contributed by atoms with van der Waals surface area (Å²) in [5.74, 6) is 1.35. The Morgan fingerprint density at radius 2 is 1.86 bits per heavy atom. The summed E-state index contributed by atoms with van der Waals surface area (Å²) in [4.78, 5) is 24.0. The molecule has 3 aromatic rings. The highest BCUT2D eigenvalue weighted by atomic mass is 35.5. The molecule has 1 saturated carbocycles. The van der Waals surface area contributed by atoms with Crippen LogP contribution in [-0.2, 0) is 17.6 Å². The number of hydrogen-bond donors (Lipinski definition) is 1. The van der Waals surface area contributed by atoms with Gasteiger partial charge >= 0.3 is 5.97 Å². The van der Waals surface area contributed by atoms with Crippen LogP contribution in [0.4, 0.5) is 0 Å². The second kappa shape index (κ2) is 13.8. The van der Waals surface area contributed by atoms with Crippen molar-refractivity contribution >= 4 is 28.9 Å². The first-order valence-corrected chi connectivity index (χ1v) is 17.5. The zero-order valence-corrected chi connectivity index (χ0v) is 27.3. The van der Waals surface area contributed by atoms with Crippen LogP contribution >= 0.6 is 22.9 Å². The fourth-order valence-electron chi connectivity index (χ4n) is 7.62. The molecule has 1 aromatic heterocycles. The molecule has 7 heteroatoms. The smallest absolute Gasteiger partial charge is 0.320 e. The molecule has 0 amide bonds. The van der Waals surface area contributed by atoms with Crippen molar-refractivity contribution in [3.63, 3.8) is 0 Å². The first-order valence-electron chi connectivity index (χ1n) is 16.3. The number of piperidine rings is 1. The fourth-order valence-corrected chi connectivity index (χ4v) is 9.11. The molecule has 2 aliphatic heterocycles. The Kier molecular flexibility index (Phi) is 9.88. The van der Waals surface area contributed by atoms with Crippen LogP contribution in [0.5, 0.6) is 0 Å². The van der Waals surface area contributed by atoms with E-state index in [1.54, 1.807) is 0 Å². The summed E-state index contributed by atoms with van der Waals surface area (Å²) in [6.07, 6.45) is 8.63. The summed E-state index contributed by atoms with van der Waals surface area (Å²) in [7, 11) is 0. The molecular weight excluding hydrogens is 574 g/mol. The highest BCUT2D eigenvalue weighted by Crippen LogP contribution is 2.40. The molecule has 6 rings (SSSR count). The van der Waals surface area contributed by atoms with Crippen molar-refractivity contribution in [1.82, 2.24) is 14.8 Å². The Morgan fingerprint density at radius 3 is 2.51 bits per heavy atom. The molecule has 3 aliphatic rings. The number of carboxylic acid groups (broad SMARTS) is 1. The van der Waals surface area contributed by atoms with Gasteiger partial charge in [0.05, 0.1) is 10.7 Å². The lowest BCUT2D eigenvalue weighted by molar-refractivity contribution is -0.144. The Hall–Kier alpha value is -2.25. The Bertz CT molecular complexity index is 1380.